The van der Waals surface area contributed by atoms with Crippen molar-refractivity contribution < 1.29 is 4.42 Å². The van der Waals surface area contributed by atoms with Crippen molar-refractivity contribution in [3.63, 3.8) is 0 Å². The van der Waals surface area contributed by atoms with Gasteiger partial charge in [0, 0.05) is 43.4 Å². The Balaban J connectivity index is 1.27. The van der Waals surface area contributed by atoms with Crippen molar-refractivity contribution in [2.45, 2.75) is 0 Å². The van der Waals surface area contributed by atoms with Gasteiger partial charge in [0.05, 0.1) is 33.4 Å². The topological polar surface area (TPSA) is 35.9 Å². The predicted octanol–water partition coefficient (Wildman–Crippen LogP) is 12.5. The lowest BCUT2D eigenvalue weighted by atomic mass is 10.0. The number of pyridine rings is 1. The van der Waals surface area contributed by atoms with Crippen LogP contribution in [-0.4, -0.2) is 14.1 Å². The van der Waals surface area contributed by atoms with Gasteiger partial charge < -0.3 is 8.98 Å². The van der Waals surface area contributed by atoms with E-state index in [9.17, 15) is 0 Å². The summed E-state index contributed by atoms with van der Waals surface area (Å²) in [7, 11) is 0. The minimum absolute atomic E-state index is 0.887. The van der Waals surface area contributed by atoms with Crippen LogP contribution in [0.25, 0.3) is 99.4 Å². The molecule has 0 saturated heterocycles. The van der Waals surface area contributed by atoms with Gasteiger partial charge in [-0.15, -0.1) is 0 Å². The van der Waals surface area contributed by atoms with Gasteiger partial charge in [-0.25, -0.2) is 4.98 Å². The van der Waals surface area contributed by atoms with Crippen LogP contribution >= 0.6 is 0 Å². The lowest BCUT2D eigenvalue weighted by molar-refractivity contribution is 0.666. The number of benzene rings is 7. The lowest BCUT2D eigenvalue weighted by Crippen LogP contribution is -2.02. The van der Waals surface area contributed by atoms with Gasteiger partial charge in [-0.05, 0) is 54.1 Å². The number of fused-ring (bicyclic) bond motifs is 10. The van der Waals surface area contributed by atoms with E-state index in [-0.39, 0.29) is 0 Å². The first-order valence-corrected chi connectivity index (χ1v) is 17.3. The van der Waals surface area contributed by atoms with E-state index in [2.05, 4.69) is 167 Å². The molecule has 0 bridgehead atoms. The molecule has 0 aliphatic carbocycles. The van der Waals surface area contributed by atoms with Crippen LogP contribution in [0, 0.1) is 0 Å². The zero-order valence-electron chi connectivity index (χ0n) is 27.5. The monoisotopic (exact) mass is 651 g/mol. The van der Waals surface area contributed by atoms with Gasteiger partial charge in [-0.3, -0.25) is 4.57 Å². The standard InChI is InChI=1S/C47H29N3O/c1-3-14-30(15-4-1)32-26-27-37(31-16-5-2-6-17-31)48-47(32)50-39-23-11-8-20-36(39)45-41(50)29-28-40-44(45)35-19-7-10-22-38(35)49(40)42-24-13-21-34-33-18-9-12-25-43(33)51-46(34)42/h1-29H. The Morgan fingerprint density at radius 3 is 1.69 bits per heavy atom. The molecule has 0 N–H and O–H groups in total. The van der Waals surface area contributed by atoms with Crippen molar-refractivity contribution in [2.75, 3.05) is 0 Å². The fourth-order valence-corrected chi connectivity index (χ4v) is 8.15. The van der Waals surface area contributed by atoms with Gasteiger partial charge in [0.15, 0.2) is 5.58 Å². The molecule has 0 spiro atoms. The molecule has 0 unspecified atom stereocenters. The molecule has 0 atom stereocenters. The highest BCUT2D eigenvalue weighted by Crippen LogP contribution is 2.44. The maximum absolute atomic E-state index is 6.59. The molecule has 0 saturated carbocycles. The summed E-state index contributed by atoms with van der Waals surface area (Å²) in [4.78, 5) is 5.46. The van der Waals surface area contributed by atoms with Gasteiger partial charge >= 0.3 is 0 Å². The minimum atomic E-state index is 0.887. The van der Waals surface area contributed by atoms with E-state index in [0.717, 1.165) is 77.9 Å². The Kier molecular flexibility index (Phi) is 5.92. The highest BCUT2D eigenvalue weighted by atomic mass is 16.3. The first-order valence-electron chi connectivity index (χ1n) is 17.3. The minimum Gasteiger partial charge on any atom is -0.454 e. The van der Waals surface area contributed by atoms with E-state index >= 15 is 0 Å². The van der Waals surface area contributed by atoms with Crippen molar-refractivity contribution >= 4 is 65.6 Å². The molecule has 51 heavy (non-hydrogen) atoms. The Bertz CT molecular complexity index is 3130. The summed E-state index contributed by atoms with van der Waals surface area (Å²) in [6.07, 6.45) is 0. The summed E-state index contributed by atoms with van der Waals surface area (Å²) in [5, 5.41) is 7.05. The molecular weight excluding hydrogens is 623 g/mol. The third-order valence-corrected chi connectivity index (χ3v) is 10.3. The zero-order chi connectivity index (χ0) is 33.5. The molecule has 4 heterocycles. The quantitative estimate of drug-likeness (QED) is 0.190. The zero-order valence-corrected chi connectivity index (χ0v) is 27.5. The second kappa shape index (κ2) is 10.8. The fourth-order valence-electron chi connectivity index (χ4n) is 8.15. The lowest BCUT2D eigenvalue weighted by Gasteiger charge is -2.15. The Morgan fingerprint density at radius 2 is 0.961 bits per heavy atom. The summed E-state index contributed by atoms with van der Waals surface area (Å²) < 4.78 is 11.3. The molecule has 0 aliphatic rings. The van der Waals surface area contributed by atoms with Crippen LogP contribution in [0.4, 0.5) is 0 Å². The number of nitrogens with zero attached hydrogens (tertiary/aromatic N) is 3. The van der Waals surface area contributed by atoms with Crippen molar-refractivity contribution in [1.82, 2.24) is 14.1 Å². The van der Waals surface area contributed by atoms with Gasteiger partial charge in [0.2, 0.25) is 0 Å². The third-order valence-electron chi connectivity index (χ3n) is 10.3. The maximum Gasteiger partial charge on any atom is 0.159 e. The van der Waals surface area contributed by atoms with E-state index in [1.807, 2.05) is 18.2 Å². The molecule has 0 aliphatic heterocycles. The van der Waals surface area contributed by atoms with Crippen molar-refractivity contribution in [3.8, 4) is 33.9 Å². The van der Waals surface area contributed by atoms with Gasteiger partial charge in [-0.1, -0.05) is 127 Å². The largest absolute Gasteiger partial charge is 0.454 e. The van der Waals surface area contributed by atoms with Crippen molar-refractivity contribution in [3.05, 3.63) is 176 Å². The SMILES string of the molecule is c1ccc(-c2ccc(-c3ccccc3)c(-n3c4ccccc4c4c5c6ccccc6n(-c6cccc7c6oc6ccccc67)c5ccc43)n2)cc1. The molecule has 4 aromatic heterocycles. The molecule has 238 valence electrons. The van der Waals surface area contributed by atoms with Crippen LogP contribution in [0.2, 0.25) is 0 Å². The summed E-state index contributed by atoms with van der Waals surface area (Å²) in [6.45, 7) is 0. The van der Waals surface area contributed by atoms with Crippen molar-refractivity contribution in [1.29, 1.82) is 0 Å². The summed E-state index contributed by atoms with van der Waals surface area (Å²) >= 11 is 0. The van der Waals surface area contributed by atoms with Crippen LogP contribution in [-0.2, 0) is 0 Å². The number of aromatic nitrogens is 3. The Morgan fingerprint density at radius 1 is 0.392 bits per heavy atom. The molecule has 0 fully saturated rings. The number of furan rings is 1. The van der Waals surface area contributed by atoms with Gasteiger partial charge in [-0.2, -0.15) is 0 Å². The maximum atomic E-state index is 6.59. The van der Waals surface area contributed by atoms with Gasteiger partial charge in [0.25, 0.3) is 0 Å². The number of hydrogen-bond acceptors (Lipinski definition) is 2. The van der Waals surface area contributed by atoms with Gasteiger partial charge in [0.1, 0.15) is 11.4 Å². The first kappa shape index (κ1) is 28.0. The van der Waals surface area contributed by atoms with Crippen LogP contribution < -0.4 is 0 Å². The summed E-state index contributed by atoms with van der Waals surface area (Å²) in [5.74, 6) is 0.906. The number of para-hydroxylation sites is 4. The predicted molar refractivity (Wildman–Crippen MR) is 211 cm³/mol. The van der Waals surface area contributed by atoms with Crippen LogP contribution in [0.1, 0.15) is 0 Å². The average Bonchev–Trinajstić information content (AvgIpc) is 3.86. The second-order valence-corrected chi connectivity index (χ2v) is 13.1. The van der Waals surface area contributed by atoms with E-state index < -0.39 is 0 Å². The second-order valence-electron chi connectivity index (χ2n) is 13.1. The molecule has 0 amide bonds. The van der Waals surface area contributed by atoms with Crippen LogP contribution in [0.3, 0.4) is 0 Å². The van der Waals surface area contributed by atoms with E-state index in [1.165, 1.54) is 21.5 Å². The van der Waals surface area contributed by atoms with E-state index in [1.54, 1.807) is 0 Å². The van der Waals surface area contributed by atoms with E-state index in [4.69, 9.17) is 9.40 Å². The van der Waals surface area contributed by atoms with Crippen LogP contribution in [0.5, 0.6) is 0 Å². The third kappa shape index (κ3) is 4.05. The normalized spacial score (nSPS) is 11.9. The average molecular weight is 652 g/mol. The Labute approximate surface area is 293 Å². The fraction of sp³-hybridized carbons (Fsp3) is 0. The summed E-state index contributed by atoms with van der Waals surface area (Å²) in [6, 6.07) is 62.2. The molecule has 11 rings (SSSR count). The Hall–Kier alpha value is -6.91. The molecule has 4 nitrogen and oxygen atoms in total. The number of hydrogen-bond donors (Lipinski definition) is 0. The first-order chi connectivity index (χ1) is 25.3. The molecule has 0 radical (unpaired) electrons. The smallest absolute Gasteiger partial charge is 0.159 e. The molecular formula is C47H29N3O. The highest BCUT2D eigenvalue weighted by Gasteiger charge is 2.24. The van der Waals surface area contributed by atoms with E-state index in [0.29, 0.717) is 0 Å². The molecule has 7 aromatic carbocycles. The summed E-state index contributed by atoms with van der Waals surface area (Å²) in [5.41, 5.74) is 11.5. The molecule has 11 aromatic rings. The van der Waals surface area contributed by atoms with Crippen LogP contribution in [0.15, 0.2) is 180 Å². The molecule has 4 heteroatoms. The van der Waals surface area contributed by atoms with Crippen molar-refractivity contribution in [2.24, 2.45) is 0 Å². The highest BCUT2D eigenvalue weighted by molar-refractivity contribution is 6.29. The number of rotatable bonds is 4.